The van der Waals surface area contributed by atoms with Crippen molar-refractivity contribution in [1.82, 2.24) is 9.80 Å². The molecule has 0 aromatic heterocycles. The fourth-order valence-electron chi connectivity index (χ4n) is 3.00. The van der Waals surface area contributed by atoms with Gasteiger partial charge in [0.2, 0.25) is 0 Å². The van der Waals surface area contributed by atoms with E-state index in [0.717, 1.165) is 24.8 Å². The number of hydrogen-bond acceptors (Lipinski definition) is 3. The molecule has 1 rings (SSSR count). The Bertz CT molecular complexity index is 268. The molecule has 0 aromatic rings. The molecule has 0 spiro atoms. The van der Waals surface area contributed by atoms with Gasteiger partial charge in [-0.2, -0.15) is 0 Å². The Morgan fingerprint density at radius 1 is 1.05 bits per heavy atom. The van der Waals surface area contributed by atoms with E-state index in [1.54, 1.807) is 0 Å². The Balaban J connectivity index is 1.94. The molecule has 1 fully saturated rings. The highest BCUT2D eigenvalue weighted by molar-refractivity contribution is 5.57. The molecule has 0 bridgehead atoms. The summed E-state index contributed by atoms with van der Waals surface area (Å²) in [6.45, 7) is 14.2. The summed E-state index contributed by atoms with van der Waals surface area (Å²) in [6.07, 6.45) is 8.52. The summed E-state index contributed by atoms with van der Waals surface area (Å²) < 4.78 is 0. The SMILES string of the molecule is CCC(CC=NCCCCCN1CCN(C)CC1)C(C)C. The fraction of sp³-hybridized carbons (Fsp3) is 0.944. The van der Waals surface area contributed by atoms with Crippen LogP contribution >= 0.6 is 0 Å². The van der Waals surface area contributed by atoms with E-state index >= 15 is 0 Å². The molecule has 0 aromatic carbocycles. The molecule has 0 radical (unpaired) electrons. The Kier molecular flexibility index (Phi) is 9.94. The van der Waals surface area contributed by atoms with Crippen LogP contribution in [0.1, 0.15) is 52.9 Å². The average Bonchev–Trinajstić information content (AvgIpc) is 2.47. The molecule has 1 aliphatic rings. The lowest BCUT2D eigenvalue weighted by Crippen LogP contribution is -2.44. The van der Waals surface area contributed by atoms with Gasteiger partial charge in [-0.3, -0.25) is 4.99 Å². The lowest BCUT2D eigenvalue weighted by Gasteiger charge is -2.32. The summed E-state index contributed by atoms with van der Waals surface area (Å²) in [6, 6.07) is 0. The lowest BCUT2D eigenvalue weighted by molar-refractivity contribution is 0.152. The second kappa shape index (κ2) is 11.2. The molecule has 1 atom stereocenters. The van der Waals surface area contributed by atoms with E-state index in [1.165, 1.54) is 58.4 Å². The molecule has 0 amide bonds. The smallest absolute Gasteiger partial charge is 0.0385 e. The number of rotatable bonds is 10. The van der Waals surface area contributed by atoms with Crippen LogP contribution in [0.4, 0.5) is 0 Å². The highest BCUT2D eigenvalue weighted by Gasteiger charge is 2.12. The maximum atomic E-state index is 4.59. The van der Waals surface area contributed by atoms with Crippen LogP contribution in [0.3, 0.4) is 0 Å². The summed E-state index contributed by atoms with van der Waals surface area (Å²) in [5.41, 5.74) is 0. The van der Waals surface area contributed by atoms with Crippen molar-refractivity contribution in [2.24, 2.45) is 16.8 Å². The van der Waals surface area contributed by atoms with Crippen molar-refractivity contribution in [3.05, 3.63) is 0 Å². The minimum absolute atomic E-state index is 0.782. The van der Waals surface area contributed by atoms with E-state index in [0.29, 0.717) is 0 Å². The summed E-state index contributed by atoms with van der Waals surface area (Å²) in [7, 11) is 2.22. The first-order valence-electron chi connectivity index (χ1n) is 9.02. The van der Waals surface area contributed by atoms with E-state index in [1.807, 2.05) is 0 Å². The molecule has 21 heavy (non-hydrogen) atoms. The monoisotopic (exact) mass is 295 g/mol. The molecule has 3 nitrogen and oxygen atoms in total. The lowest BCUT2D eigenvalue weighted by atomic mass is 9.91. The second-order valence-corrected chi connectivity index (χ2v) is 6.94. The van der Waals surface area contributed by atoms with Crippen molar-refractivity contribution in [3.63, 3.8) is 0 Å². The Labute approximate surface area is 132 Å². The molecule has 0 aliphatic carbocycles. The van der Waals surface area contributed by atoms with Crippen LogP contribution in [0.25, 0.3) is 0 Å². The third-order valence-electron chi connectivity index (χ3n) is 4.86. The molecule has 3 heteroatoms. The summed E-state index contributed by atoms with van der Waals surface area (Å²) in [4.78, 5) is 9.62. The molecule has 0 N–H and O–H groups in total. The van der Waals surface area contributed by atoms with Crippen LogP contribution in [0.15, 0.2) is 4.99 Å². The second-order valence-electron chi connectivity index (χ2n) is 6.94. The zero-order chi connectivity index (χ0) is 15.5. The van der Waals surface area contributed by atoms with Gasteiger partial charge in [0.25, 0.3) is 0 Å². The van der Waals surface area contributed by atoms with Gasteiger partial charge >= 0.3 is 0 Å². The average molecular weight is 296 g/mol. The summed E-state index contributed by atoms with van der Waals surface area (Å²) >= 11 is 0. The maximum absolute atomic E-state index is 4.59. The molecular weight excluding hydrogens is 258 g/mol. The first kappa shape index (κ1) is 18.6. The molecule has 0 saturated carbocycles. The number of hydrogen-bond donors (Lipinski definition) is 0. The summed E-state index contributed by atoms with van der Waals surface area (Å²) in [5.74, 6) is 1.59. The number of likely N-dealkylation sites (N-methyl/N-ethyl adjacent to an activating group) is 1. The van der Waals surface area contributed by atoms with Crippen LogP contribution in [0.2, 0.25) is 0 Å². The molecule has 1 saturated heterocycles. The van der Waals surface area contributed by atoms with Gasteiger partial charge in [0.15, 0.2) is 0 Å². The Morgan fingerprint density at radius 3 is 2.38 bits per heavy atom. The van der Waals surface area contributed by atoms with Gasteiger partial charge in [0.05, 0.1) is 0 Å². The molecule has 1 heterocycles. The van der Waals surface area contributed by atoms with Crippen molar-refractivity contribution in [1.29, 1.82) is 0 Å². The van der Waals surface area contributed by atoms with E-state index in [2.05, 4.69) is 48.8 Å². The quantitative estimate of drug-likeness (QED) is 0.453. The predicted octanol–water partition coefficient (Wildman–Crippen LogP) is 3.55. The topological polar surface area (TPSA) is 18.8 Å². The predicted molar refractivity (Wildman–Crippen MR) is 94.4 cm³/mol. The highest BCUT2D eigenvalue weighted by atomic mass is 15.2. The van der Waals surface area contributed by atoms with E-state index in [-0.39, 0.29) is 0 Å². The van der Waals surface area contributed by atoms with Crippen LogP contribution in [0, 0.1) is 11.8 Å². The van der Waals surface area contributed by atoms with Crippen molar-refractivity contribution in [3.8, 4) is 0 Å². The van der Waals surface area contributed by atoms with Crippen molar-refractivity contribution in [2.75, 3.05) is 46.3 Å². The van der Waals surface area contributed by atoms with Gasteiger partial charge < -0.3 is 9.80 Å². The van der Waals surface area contributed by atoms with Crippen molar-refractivity contribution in [2.45, 2.75) is 52.9 Å². The van der Waals surface area contributed by atoms with Gasteiger partial charge in [-0.05, 0) is 50.9 Å². The minimum atomic E-state index is 0.782. The zero-order valence-corrected chi connectivity index (χ0v) is 14.9. The minimum Gasteiger partial charge on any atom is -0.304 e. The zero-order valence-electron chi connectivity index (χ0n) is 14.9. The van der Waals surface area contributed by atoms with Gasteiger partial charge in [0.1, 0.15) is 0 Å². The largest absolute Gasteiger partial charge is 0.304 e. The fourth-order valence-corrected chi connectivity index (χ4v) is 3.00. The maximum Gasteiger partial charge on any atom is 0.0385 e. The van der Waals surface area contributed by atoms with Crippen molar-refractivity contribution < 1.29 is 0 Å². The third kappa shape index (κ3) is 8.57. The van der Waals surface area contributed by atoms with Gasteiger partial charge in [-0.1, -0.05) is 33.6 Å². The van der Waals surface area contributed by atoms with Crippen LogP contribution in [0.5, 0.6) is 0 Å². The number of nitrogens with zero attached hydrogens (tertiary/aromatic N) is 3. The molecule has 1 aliphatic heterocycles. The number of aliphatic imine (C=N–C) groups is 1. The standard InChI is InChI=1S/C18H37N3/c1-5-18(17(2)3)9-11-19-10-7-6-8-12-21-15-13-20(4)14-16-21/h11,17-18H,5-10,12-16H2,1-4H3. The van der Waals surface area contributed by atoms with Crippen LogP contribution in [-0.2, 0) is 0 Å². The summed E-state index contributed by atoms with van der Waals surface area (Å²) in [5, 5.41) is 0. The van der Waals surface area contributed by atoms with Crippen LogP contribution in [-0.4, -0.2) is 62.3 Å². The van der Waals surface area contributed by atoms with Gasteiger partial charge in [-0.15, -0.1) is 0 Å². The van der Waals surface area contributed by atoms with Crippen LogP contribution < -0.4 is 0 Å². The Hall–Kier alpha value is -0.410. The van der Waals surface area contributed by atoms with Gasteiger partial charge in [0, 0.05) is 32.7 Å². The first-order chi connectivity index (χ1) is 10.1. The van der Waals surface area contributed by atoms with Gasteiger partial charge in [-0.25, -0.2) is 0 Å². The van der Waals surface area contributed by atoms with E-state index in [4.69, 9.17) is 0 Å². The van der Waals surface area contributed by atoms with Crippen molar-refractivity contribution >= 4 is 6.21 Å². The van der Waals surface area contributed by atoms with E-state index < -0.39 is 0 Å². The number of piperazine rings is 1. The molecule has 1 unspecified atom stereocenters. The Morgan fingerprint density at radius 2 is 1.76 bits per heavy atom. The number of unbranched alkanes of at least 4 members (excludes halogenated alkanes) is 2. The molecular formula is C18H37N3. The first-order valence-corrected chi connectivity index (χ1v) is 9.02. The van der Waals surface area contributed by atoms with E-state index in [9.17, 15) is 0 Å². The highest BCUT2D eigenvalue weighted by Crippen LogP contribution is 2.17. The normalized spacial score (nSPS) is 19.7. The molecule has 124 valence electrons. The third-order valence-corrected chi connectivity index (χ3v) is 4.86.